The van der Waals surface area contributed by atoms with Gasteiger partial charge < -0.3 is 13.6 Å². The van der Waals surface area contributed by atoms with Crippen molar-refractivity contribution in [1.82, 2.24) is 19.1 Å². The maximum atomic E-state index is 6.43. The predicted octanol–water partition coefficient (Wildman–Crippen LogP) is 13.1. The molecule has 5 heteroatoms. The third kappa shape index (κ3) is 4.35. The van der Waals surface area contributed by atoms with E-state index in [4.69, 9.17) is 14.4 Å². The summed E-state index contributed by atoms with van der Waals surface area (Å²) in [7, 11) is 0. The average molecular weight is 703 g/mol. The van der Waals surface area contributed by atoms with Crippen molar-refractivity contribution in [3.8, 4) is 34.0 Å². The lowest BCUT2D eigenvalue weighted by Crippen LogP contribution is -1.97. The first-order chi connectivity index (χ1) is 27.3. The minimum Gasteiger partial charge on any atom is -0.456 e. The van der Waals surface area contributed by atoms with Crippen molar-refractivity contribution in [2.45, 2.75) is 0 Å². The maximum Gasteiger partial charge on any atom is 0.160 e. The zero-order valence-electron chi connectivity index (χ0n) is 29.5. The van der Waals surface area contributed by atoms with E-state index in [-0.39, 0.29) is 0 Å². The van der Waals surface area contributed by atoms with Gasteiger partial charge in [-0.15, -0.1) is 0 Å². The smallest absolute Gasteiger partial charge is 0.160 e. The Morgan fingerprint density at radius 1 is 0.364 bits per heavy atom. The molecule has 5 nitrogen and oxygen atoms in total. The van der Waals surface area contributed by atoms with Crippen LogP contribution < -0.4 is 0 Å². The van der Waals surface area contributed by atoms with Crippen LogP contribution in [0.1, 0.15) is 0 Å². The van der Waals surface area contributed by atoms with Crippen LogP contribution in [0.4, 0.5) is 0 Å². The molecule has 0 radical (unpaired) electrons. The van der Waals surface area contributed by atoms with Crippen molar-refractivity contribution < 1.29 is 4.42 Å². The minimum atomic E-state index is 0.707. The SMILES string of the molecule is c1ccc(-c2nc(-c3ccc(-n4c5ccccc5c5c4ccc4c6ccc7oc8ccccc8c7c6n(-c6ccccc6)c45)cc3)nc3ccccc23)cc1. The van der Waals surface area contributed by atoms with Crippen molar-refractivity contribution in [2.24, 2.45) is 0 Å². The number of nitrogens with zero attached hydrogens (tertiary/aromatic N) is 4. The molecule has 256 valence electrons. The van der Waals surface area contributed by atoms with Crippen LogP contribution in [0.15, 0.2) is 186 Å². The first-order valence-electron chi connectivity index (χ1n) is 18.6. The van der Waals surface area contributed by atoms with Crippen LogP contribution in [0.3, 0.4) is 0 Å². The van der Waals surface area contributed by atoms with Gasteiger partial charge in [0.1, 0.15) is 11.2 Å². The summed E-state index contributed by atoms with van der Waals surface area (Å²) >= 11 is 0. The minimum absolute atomic E-state index is 0.707. The topological polar surface area (TPSA) is 48.8 Å². The number of benzene rings is 8. The van der Waals surface area contributed by atoms with E-state index in [0.29, 0.717) is 5.82 Å². The summed E-state index contributed by atoms with van der Waals surface area (Å²) in [5.41, 5.74) is 12.5. The van der Waals surface area contributed by atoms with Crippen LogP contribution in [0.25, 0.3) is 110 Å². The molecular weight excluding hydrogens is 673 g/mol. The van der Waals surface area contributed by atoms with Gasteiger partial charge >= 0.3 is 0 Å². The molecule has 0 bridgehead atoms. The van der Waals surface area contributed by atoms with Crippen molar-refractivity contribution in [1.29, 1.82) is 0 Å². The highest BCUT2D eigenvalue weighted by Crippen LogP contribution is 2.45. The lowest BCUT2D eigenvalue weighted by atomic mass is 10.1. The lowest BCUT2D eigenvalue weighted by Gasteiger charge is -2.12. The van der Waals surface area contributed by atoms with E-state index in [0.717, 1.165) is 77.6 Å². The van der Waals surface area contributed by atoms with Crippen molar-refractivity contribution in [3.05, 3.63) is 182 Å². The van der Waals surface area contributed by atoms with E-state index in [1.54, 1.807) is 0 Å². The molecule has 0 fully saturated rings. The molecule has 55 heavy (non-hydrogen) atoms. The molecule has 0 saturated carbocycles. The summed E-state index contributed by atoms with van der Waals surface area (Å²) in [4.78, 5) is 10.2. The van der Waals surface area contributed by atoms with E-state index in [1.807, 2.05) is 24.3 Å². The third-order valence-electron chi connectivity index (χ3n) is 11.1. The van der Waals surface area contributed by atoms with E-state index >= 15 is 0 Å². The molecule has 8 aromatic carbocycles. The normalized spacial score (nSPS) is 12.0. The lowest BCUT2D eigenvalue weighted by molar-refractivity contribution is 0.669. The fourth-order valence-electron chi connectivity index (χ4n) is 8.75. The van der Waals surface area contributed by atoms with E-state index in [1.165, 1.54) is 27.1 Å². The van der Waals surface area contributed by atoms with E-state index in [9.17, 15) is 0 Å². The highest BCUT2D eigenvalue weighted by Gasteiger charge is 2.24. The number of aromatic nitrogens is 4. The number of hydrogen-bond donors (Lipinski definition) is 0. The van der Waals surface area contributed by atoms with Gasteiger partial charge in [-0.25, -0.2) is 9.97 Å². The Hall–Kier alpha value is -7.50. The Morgan fingerprint density at radius 3 is 1.82 bits per heavy atom. The molecular formula is C50H30N4O. The summed E-state index contributed by atoms with van der Waals surface area (Å²) in [5, 5.41) is 8.11. The van der Waals surface area contributed by atoms with Crippen molar-refractivity contribution in [2.75, 3.05) is 0 Å². The first-order valence-corrected chi connectivity index (χ1v) is 18.6. The second kappa shape index (κ2) is 11.5. The highest BCUT2D eigenvalue weighted by molar-refractivity contribution is 6.30. The van der Waals surface area contributed by atoms with Crippen LogP contribution in [0, 0.1) is 0 Å². The zero-order chi connectivity index (χ0) is 36.0. The van der Waals surface area contributed by atoms with Gasteiger partial charge in [0.2, 0.25) is 0 Å². The molecule has 12 rings (SSSR count). The highest BCUT2D eigenvalue weighted by atomic mass is 16.3. The number of furan rings is 1. The standard InChI is InChI=1S/C50H30N4O/c1-3-13-31(14-4-1)47-37-17-7-10-20-40(37)51-50(52-47)32-23-25-34(26-24-32)53-41-21-11-8-18-38(41)45-42(53)29-27-35-36-28-30-44-46(39-19-9-12-22-43(39)55-44)49(36)54(48(35)45)33-15-5-2-6-16-33/h1-30H. The van der Waals surface area contributed by atoms with Gasteiger partial charge in [-0.1, -0.05) is 109 Å². The molecule has 4 aromatic heterocycles. The number of fused-ring (bicyclic) bond motifs is 12. The second-order valence-electron chi connectivity index (χ2n) is 14.1. The summed E-state index contributed by atoms with van der Waals surface area (Å²) in [6.07, 6.45) is 0. The maximum absolute atomic E-state index is 6.43. The molecule has 0 aliphatic rings. The summed E-state index contributed by atoms with van der Waals surface area (Å²) in [5.74, 6) is 0.707. The Bertz CT molecular complexity index is 3470. The molecule has 0 aliphatic heterocycles. The fraction of sp³-hybridized carbons (Fsp3) is 0. The second-order valence-corrected chi connectivity index (χ2v) is 14.1. The number of para-hydroxylation sites is 4. The van der Waals surface area contributed by atoms with Gasteiger partial charge in [0, 0.05) is 54.8 Å². The summed E-state index contributed by atoms with van der Waals surface area (Å²) in [6.45, 7) is 0. The molecule has 0 amide bonds. The first kappa shape index (κ1) is 30.0. The van der Waals surface area contributed by atoms with Crippen LogP contribution >= 0.6 is 0 Å². The van der Waals surface area contributed by atoms with Gasteiger partial charge in [0.25, 0.3) is 0 Å². The zero-order valence-corrected chi connectivity index (χ0v) is 29.5. The van der Waals surface area contributed by atoms with Gasteiger partial charge in [-0.2, -0.15) is 0 Å². The number of rotatable bonds is 4. The van der Waals surface area contributed by atoms with Crippen LogP contribution in [-0.4, -0.2) is 19.1 Å². The summed E-state index contributed by atoms with van der Waals surface area (Å²) in [6, 6.07) is 64.1. The van der Waals surface area contributed by atoms with Gasteiger partial charge in [-0.3, -0.25) is 0 Å². The Kier molecular flexibility index (Phi) is 6.27. The Balaban J connectivity index is 1.12. The molecule has 0 spiro atoms. The van der Waals surface area contributed by atoms with E-state index < -0.39 is 0 Å². The molecule has 0 saturated heterocycles. The van der Waals surface area contributed by atoms with E-state index in [2.05, 4.69) is 167 Å². The van der Waals surface area contributed by atoms with Crippen LogP contribution in [0.2, 0.25) is 0 Å². The molecule has 0 unspecified atom stereocenters. The quantitative estimate of drug-likeness (QED) is 0.183. The molecule has 0 aliphatic carbocycles. The van der Waals surface area contributed by atoms with Gasteiger partial charge in [-0.05, 0) is 72.8 Å². The van der Waals surface area contributed by atoms with Gasteiger partial charge in [0.05, 0.1) is 38.7 Å². The average Bonchev–Trinajstić information content (AvgIpc) is 3.91. The number of hydrogen-bond acceptors (Lipinski definition) is 3. The predicted molar refractivity (Wildman–Crippen MR) is 226 cm³/mol. The van der Waals surface area contributed by atoms with Crippen LogP contribution in [0.5, 0.6) is 0 Å². The van der Waals surface area contributed by atoms with Crippen LogP contribution in [-0.2, 0) is 0 Å². The van der Waals surface area contributed by atoms with Crippen molar-refractivity contribution >= 4 is 76.5 Å². The van der Waals surface area contributed by atoms with Crippen molar-refractivity contribution in [3.63, 3.8) is 0 Å². The Labute approximate surface area is 315 Å². The largest absolute Gasteiger partial charge is 0.456 e. The molecule has 0 N–H and O–H groups in total. The van der Waals surface area contributed by atoms with Gasteiger partial charge in [0.15, 0.2) is 5.82 Å². The third-order valence-corrected chi connectivity index (χ3v) is 11.1. The molecule has 12 aromatic rings. The fourth-order valence-corrected chi connectivity index (χ4v) is 8.75. The Morgan fingerprint density at radius 2 is 1.00 bits per heavy atom. The monoisotopic (exact) mass is 702 g/mol. The molecule has 4 heterocycles. The molecule has 0 atom stereocenters. The summed E-state index contributed by atoms with van der Waals surface area (Å²) < 4.78 is 11.3.